The first-order chi connectivity index (χ1) is 9.63. The van der Waals surface area contributed by atoms with Gasteiger partial charge < -0.3 is 10.1 Å². The normalized spacial score (nSPS) is 16.5. The minimum atomic E-state index is -1.44. The van der Waals surface area contributed by atoms with Gasteiger partial charge in [-0.2, -0.15) is 0 Å². The molecule has 1 heterocycles. The molecule has 1 aliphatic rings. The van der Waals surface area contributed by atoms with Crippen LogP contribution in [0.2, 0.25) is 0 Å². The van der Waals surface area contributed by atoms with Crippen LogP contribution < -0.4 is 5.32 Å². The fraction of sp³-hybridized carbons (Fsp3) is 0.467. The van der Waals surface area contributed by atoms with E-state index in [9.17, 15) is 13.2 Å². The van der Waals surface area contributed by atoms with Crippen molar-refractivity contribution >= 4 is 0 Å². The highest BCUT2D eigenvalue weighted by atomic mass is 19.2. The van der Waals surface area contributed by atoms with E-state index in [1.54, 1.807) is 0 Å². The van der Waals surface area contributed by atoms with Crippen LogP contribution in [-0.2, 0) is 4.74 Å². The highest BCUT2D eigenvalue weighted by Gasteiger charge is 2.22. The molecule has 1 N–H and O–H groups in total. The Labute approximate surface area is 116 Å². The summed E-state index contributed by atoms with van der Waals surface area (Å²) in [4.78, 5) is 0. The molecule has 2 rings (SSSR count). The number of allylic oxidation sites excluding steroid dienone is 1. The average molecular weight is 285 g/mol. The maximum absolute atomic E-state index is 13.4. The topological polar surface area (TPSA) is 21.3 Å². The molecule has 2 nitrogen and oxygen atoms in total. The summed E-state index contributed by atoms with van der Waals surface area (Å²) >= 11 is 0. The Morgan fingerprint density at radius 3 is 2.50 bits per heavy atom. The van der Waals surface area contributed by atoms with Crippen LogP contribution in [0, 0.1) is 17.5 Å². The zero-order valence-corrected chi connectivity index (χ0v) is 11.4. The smallest absolute Gasteiger partial charge is 0.194 e. The van der Waals surface area contributed by atoms with Gasteiger partial charge in [0.2, 0.25) is 0 Å². The largest absolute Gasteiger partial charge is 0.496 e. The van der Waals surface area contributed by atoms with Crippen LogP contribution in [0.4, 0.5) is 13.2 Å². The Hall–Kier alpha value is -1.49. The van der Waals surface area contributed by atoms with Crippen molar-refractivity contribution in [2.75, 3.05) is 13.2 Å². The summed E-state index contributed by atoms with van der Waals surface area (Å²) in [6.07, 6.45) is 4.58. The average Bonchev–Trinajstić information content (AvgIpc) is 2.46. The van der Waals surface area contributed by atoms with E-state index in [2.05, 4.69) is 5.32 Å². The van der Waals surface area contributed by atoms with Crippen LogP contribution >= 0.6 is 0 Å². The molecule has 110 valence electrons. The van der Waals surface area contributed by atoms with E-state index in [0.29, 0.717) is 24.5 Å². The van der Waals surface area contributed by atoms with Crippen molar-refractivity contribution in [2.45, 2.75) is 32.2 Å². The monoisotopic (exact) mass is 285 g/mol. The fourth-order valence-electron chi connectivity index (χ4n) is 2.19. The summed E-state index contributed by atoms with van der Waals surface area (Å²) in [6, 6.07) is 1.59. The molecule has 1 unspecified atom stereocenters. The number of benzene rings is 1. The summed E-state index contributed by atoms with van der Waals surface area (Å²) < 4.78 is 45.4. The molecule has 1 aromatic rings. The second-order valence-corrected chi connectivity index (χ2v) is 4.78. The summed E-state index contributed by atoms with van der Waals surface area (Å²) in [5.74, 6) is -3.16. The minimum absolute atomic E-state index is 0.336. The predicted octanol–water partition coefficient (Wildman–Crippen LogP) is 3.84. The van der Waals surface area contributed by atoms with Crippen LogP contribution in [0.1, 0.15) is 37.8 Å². The molecule has 0 saturated heterocycles. The molecule has 0 aromatic heterocycles. The summed E-state index contributed by atoms with van der Waals surface area (Å²) in [5.41, 5.74) is 0.336. The SMILES string of the molecule is CCCNC(C1=CCCCO1)c1cc(F)c(F)c(F)c1. The highest BCUT2D eigenvalue weighted by molar-refractivity contribution is 5.28. The van der Waals surface area contributed by atoms with Crippen LogP contribution in [0.25, 0.3) is 0 Å². The molecule has 0 saturated carbocycles. The van der Waals surface area contributed by atoms with Gasteiger partial charge in [-0.25, -0.2) is 13.2 Å². The Morgan fingerprint density at radius 2 is 1.95 bits per heavy atom. The number of hydrogen-bond acceptors (Lipinski definition) is 2. The molecule has 0 radical (unpaired) electrons. The van der Waals surface area contributed by atoms with Gasteiger partial charge >= 0.3 is 0 Å². The lowest BCUT2D eigenvalue weighted by molar-refractivity contribution is 0.167. The second kappa shape index (κ2) is 6.79. The molecule has 0 amide bonds. The van der Waals surface area contributed by atoms with E-state index in [1.165, 1.54) is 0 Å². The van der Waals surface area contributed by atoms with E-state index in [4.69, 9.17) is 4.74 Å². The first-order valence-electron chi connectivity index (χ1n) is 6.84. The van der Waals surface area contributed by atoms with E-state index < -0.39 is 23.5 Å². The molecule has 0 spiro atoms. The zero-order chi connectivity index (χ0) is 14.5. The Balaban J connectivity index is 2.32. The number of rotatable bonds is 5. The maximum Gasteiger partial charge on any atom is 0.194 e. The Kier molecular flexibility index (Phi) is 5.06. The maximum atomic E-state index is 13.4. The van der Waals surface area contributed by atoms with Crippen LogP contribution in [-0.4, -0.2) is 13.2 Å². The van der Waals surface area contributed by atoms with Crippen molar-refractivity contribution in [3.63, 3.8) is 0 Å². The van der Waals surface area contributed by atoms with Gasteiger partial charge in [0.1, 0.15) is 5.76 Å². The molecule has 1 aliphatic heterocycles. The lowest BCUT2D eigenvalue weighted by Crippen LogP contribution is -2.26. The van der Waals surface area contributed by atoms with Gasteiger partial charge in [0, 0.05) is 0 Å². The van der Waals surface area contributed by atoms with Crippen LogP contribution in [0.3, 0.4) is 0 Å². The third-order valence-corrected chi connectivity index (χ3v) is 3.19. The van der Waals surface area contributed by atoms with Gasteiger partial charge in [0.15, 0.2) is 17.5 Å². The highest BCUT2D eigenvalue weighted by Crippen LogP contribution is 2.28. The quantitative estimate of drug-likeness (QED) is 0.830. The minimum Gasteiger partial charge on any atom is -0.496 e. The number of ether oxygens (including phenoxy) is 1. The van der Waals surface area contributed by atoms with Gasteiger partial charge in [0.25, 0.3) is 0 Å². The molecular weight excluding hydrogens is 267 g/mol. The zero-order valence-electron chi connectivity index (χ0n) is 11.4. The predicted molar refractivity (Wildman–Crippen MR) is 70.6 cm³/mol. The van der Waals surface area contributed by atoms with Crippen molar-refractivity contribution in [3.05, 3.63) is 47.0 Å². The van der Waals surface area contributed by atoms with E-state index >= 15 is 0 Å². The molecular formula is C15H18F3NO. The number of halogens is 3. The summed E-state index contributed by atoms with van der Waals surface area (Å²) in [5, 5.41) is 3.18. The van der Waals surface area contributed by atoms with Gasteiger partial charge in [0.05, 0.1) is 12.6 Å². The molecule has 0 fully saturated rings. The van der Waals surface area contributed by atoms with Crippen LogP contribution in [0.15, 0.2) is 24.0 Å². The first-order valence-corrected chi connectivity index (χ1v) is 6.84. The Bertz CT molecular complexity index is 479. The molecule has 1 aromatic carbocycles. The van der Waals surface area contributed by atoms with Crippen molar-refractivity contribution in [1.29, 1.82) is 0 Å². The third-order valence-electron chi connectivity index (χ3n) is 3.19. The lowest BCUT2D eigenvalue weighted by atomic mass is 10.0. The molecule has 20 heavy (non-hydrogen) atoms. The van der Waals surface area contributed by atoms with Crippen molar-refractivity contribution < 1.29 is 17.9 Å². The van der Waals surface area contributed by atoms with Gasteiger partial charge in [-0.1, -0.05) is 6.92 Å². The summed E-state index contributed by atoms with van der Waals surface area (Å²) in [6.45, 7) is 3.25. The first kappa shape index (κ1) is 14.9. The number of nitrogens with one attached hydrogen (secondary N) is 1. The van der Waals surface area contributed by atoms with E-state index in [-0.39, 0.29) is 0 Å². The van der Waals surface area contributed by atoms with Gasteiger partial charge in [-0.15, -0.1) is 0 Å². The van der Waals surface area contributed by atoms with Crippen molar-refractivity contribution in [3.8, 4) is 0 Å². The Morgan fingerprint density at radius 1 is 1.25 bits per heavy atom. The van der Waals surface area contributed by atoms with Crippen molar-refractivity contribution in [2.24, 2.45) is 0 Å². The van der Waals surface area contributed by atoms with Crippen LogP contribution in [0.5, 0.6) is 0 Å². The second-order valence-electron chi connectivity index (χ2n) is 4.78. The molecule has 0 bridgehead atoms. The van der Waals surface area contributed by atoms with Crippen molar-refractivity contribution in [1.82, 2.24) is 5.32 Å². The molecule has 0 aliphatic carbocycles. The molecule has 1 atom stereocenters. The van der Waals surface area contributed by atoms with E-state index in [1.807, 2.05) is 13.0 Å². The lowest BCUT2D eigenvalue weighted by Gasteiger charge is -2.25. The number of hydrogen-bond donors (Lipinski definition) is 1. The molecule has 5 heteroatoms. The standard InChI is InChI=1S/C15H18F3NO/c1-2-6-19-15(13-5-3-4-7-20-13)10-8-11(16)14(18)12(17)9-10/h5,8-9,15,19H,2-4,6-7H2,1H3. The van der Waals surface area contributed by atoms with Gasteiger partial charge in [-0.3, -0.25) is 0 Å². The third kappa shape index (κ3) is 3.33. The summed E-state index contributed by atoms with van der Waals surface area (Å²) in [7, 11) is 0. The fourth-order valence-corrected chi connectivity index (χ4v) is 2.19. The van der Waals surface area contributed by atoms with E-state index in [0.717, 1.165) is 31.4 Å². The van der Waals surface area contributed by atoms with Gasteiger partial charge in [-0.05, 0) is 49.6 Å².